The van der Waals surface area contributed by atoms with Gasteiger partial charge < -0.3 is 9.64 Å². The first-order chi connectivity index (χ1) is 15.0. The lowest BCUT2D eigenvalue weighted by molar-refractivity contribution is -0.130. The molecule has 160 valence electrons. The quantitative estimate of drug-likeness (QED) is 0.483. The third-order valence-electron chi connectivity index (χ3n) is 5.65. The zero-order valence-corrected chi connectivity index (χ0v) is 19.0. The van der Waals surface area contributed by atoms with Gasteiger partial charge in [0, 0.05) is 32.0 Å². The SMILES string of the molecule is COc1ccc(C=C2SC(=S)N(CCC(=O)N3CCC(c4ccccc4)C3)C2=O)cc1. The van der Waals surface area contributed by atoms with Crippen LogP contribution in [0, 0.1) is 0 Å². The number of thiocarbonyl (C=S) groups is 1. The summed E-state index contributed by atoms with van der Waals surface area (Å²) in [6.45, 7) is 1.81. The average Bonchev–Trinajstić information content (AvgIpc) is 3.39. The van der Waals surface area contributed by atoms with Gasteiger partial charge in [-0.05, 0) is 35.8 Å². The highest BCUT2D eigenvalue weighted by atomic mass is 32.2. The minimum absolute atomic E-state index is 0.0756. The van der Waals surface area contributed by atoms with Gasteiger partial charge in [-0.25, -0.2) is 0 Å². The molecule has 2 aliphatic rings. The molecule has 31 heavy (non-hydrogen) atoms. The first-order valence-electron chi connectivity index (χ1n) is 10.3. The van der Waals surface area contributed by atoms with Crippen molar-refractivity contribution in [3.8, 4) is 5.75 Å². The van der Waals surface area contributed by atoms with Crippen molar-refractivity contribution in [1.29, 1.82) is 0 Å². The molecular weight excluding hydrogens is 428 g/mol. The Hall–Kier alpha value is -2.64. The van der Waals surface area contributed by atoms with Gasteiger partial charge in [0.25, 0.3) is 5.91 Å². The van der Waals surface area contributed by atoms with Gasteiger partial charge in [0.2, 0.25) is 5.91 Å². The third-order valence-corrected chi connectivity index (χ3v) is 7.03. The van der Waals surface area contributed by atoms with Gasteiger partial charge >= 0.3 is 0 Å². The maximum atomic E-state index is 12.8. The van der Waals surface area contributed by atoms with E-state index in [1.165, 1.54) is 22.2 Å². The fraction of sp³-hybridized carbons (Fsp3) is 0.292. The van der Waals surface area contributed by atoms with Crippen molar-refractivity contribution in [3.05, 3.63) is 70.6 Å². The Labute approximate surface area is 192 Å². The van der Waals surface area contributed by atoms with E-state index in [4.69, 9.17) is 17.0 Å². The largest absolute Gasteiger partial charge is 0.497 e. The Morgan fingerprint density at radius 2 is 1.94 bits per heavy atom. The maximum absolute atomic E-state index is 12.8. The van der Waals surface area contributed by atoms with Crippen LogP contribution in [0.25, 0.3) is 6.08 Å². The van der Waals surface area contributed by atoms with Crippen LogP contribution in [-0.2, 0) is 9.59 Å². The fourth-order valence-electron chi connectivity index (χ4n) is 3.89. The predicted molar refractivity (Wildman–Crippen MR) is 128 cm³/mol. The number of nitrogens with zero attached hydrogens (tertiary/aromatic N) is 2. The molecule has 0 aromatic heterocycles. The highest BCUT2D eigenvalue weighted by molar-refractivity contribution is 8.26. The smallest absolute Gasteiger partial charge is 0.266 e. The van der Waals surface area contributed by atoms with Crippen molar-refractivity contribution in [1.82, 2.24) is 9.80 Å². The molecule has 0 spiro atoms. The van der Waals surface area contributed by atoms with E-state index in [1.54, 1.807) is 7.11 Å². The van der Waals surface area contributed by atoms with E-state index in [9.17, 15) is 9.59 Å². The zero-order valence-electron chi connectivity index (χ0n) is 17.3. The van der Waals surface area contributed by atoms with Crippen LogP contribution in [0.15, 0.2) is 59.5 Å². The molecule has 4 rings (SSSR count). The predicted octanol–water partition coefficient (Wildman–Crippen LogP) is 4.30. The number of likely N-dealkylation sites (tertiary alicyclic amines) is 1. The second-order valence-electron chi connectivity index (χ2n) is 7.59. The Bertz CT molecular complexity index is 1010. The number of benzene rings is 2. The molecule has 0 saturated carbocycles. The van der Waals surface area contributed by atoms with Crippen molar-refractivity contribution in [3.63, 3.8) is 0 Å². The molecule has 1 unspecified atom stereocenters. The van der Waals surface area contributed by atoms with E-state index in [0.717, 1.165) is 30.8 Å². The highest BCUT2D eigenvalue weighted by Crippen LogP contribution is 2.33. The third kappa shape index (κ3) is 4.99. The summed E-state index contributed by atoms with van der Waals surface area (Å²) < 4.78 is 5.67. The van der Waals surface area contributed by atoms with Gasteiger partial charge in [-0.1, -0.05) is 66.4 Å². The molecule has 7 heteroatoms. The number of carbonyl (C=O) groups is 2. The topological polar surface area (TPSA) is 49.9 Å². The molecule has 2 fully saturated rings. The van der Waals surface area contributed by atoms with Gasteiger partial charge in [-0.2, -0.15) is 0 Å². The van der Waals surface area contributed by atoms with Gasteiger partial charge in [0.05, 0.1) is 12.0 Å². The van der Waals surface area contributed by atoms with Crippen LogP contribution >= 0.6 is 24.0 Å². The Morgan fingerprint density at radius 3 is 2.65 bits per heavy atom. The molecule has 2 aromatic rings. The molecule has 0 radical (unpaired) electrons. The van der Waals surface area contributed by atoms with Crippen molar-refractivity contribution in [2.75, 3.05) is 26.7 Å². The van der Waals surface area contributed by atoms with Crippen LogP contribution < -0.4 is 4.74 Å². The van der Waals surface area contributed by atoms with E-state index >= 15 is 0 Å². The summed E-state index contributed by atoms with van der Waals surface area (Å²) in [7, 11) is 1.62. The number of hydrogen-bond acceptors (Lipinski definition) is 5. The first kappa shape index (κ1) is 21.6. The Kier molecular flexibility index (Phi) is 6.73. The molecule has 2 saturated heterocycles. The molecule has 0 bridgehead atoms. The van der Waals surface area contributed by atoms with Crippen molar-refractivity contribution in [2.45, 2.75) is 18.8 Å². The van der Waals surface area contributed by atoms with Gasteiger partial charge in [-0.3, -0.25) is 14.5 Å². The van der Waals surface area contributed by atoms with Gasteiger partial charge in [-0.15, -0.1) is 0 Å². The van der Waals surface area contributed by atoms with Crippen LogP contribution in [0.2, 0.25) is 0 Å². The van der Waals surface area contributed by atoms with E-state index in [0.29, 0.717) is 21.7 Å². The van der Waals surface area contributed by atoms with Crippen LogP contribution in [0.1, 0.15) is 29.9 Å². The summed E-state index contributed by atoms with van der Waals surface area (Å²) in [5.74, 6) is 1.09. The van der Waals surface area contributed by atoms with Crippen molar-refractivity contribution >= 4 is 46.2 Å². The lowest BCUT2D eigenvalue weighted by atomic mass is 9.99. The summed E-state index contributed by atoms with van der Waals surface area (Å²) in [6, 6.07) is 17.8. The number of methoxy groups -OCH3 is 1. The molecule has 2 amide bonds. The minimum atomic E-state index is -0.137. The van der Waals surface area contributed by atoms with E-state index in [-0.39, 0.29) is 18.2 Å². The Morgan fingerprint density at radius 1 is 1.19 bits per heavy atom. The molecular formula is C24H24N2O3S2. The number of ether oxygens (including phenoxy) is 1. The van der Waals surface area contributed by atoms with Gasteiger partial charge in [0.1, 0.15) is 10.1 Å². The summed E-state index contributed by atoms with van der Waals surface area (Å²) in [5.41, 5.74) is 2.18. The first-order valence-corrected chi connectivity index (χ1v) is 11.5. The van der Waals surface area contributed by atoms with Gasteiger partial charge in [0.15, 0.2) is 0 Å². The van der Waals surface area contributed by atoms with Crippen molar-refractivity contribution in [2.24, 2.45) is 0 Å². The Balaban J connectivity index is 1.33. The number of hydrogen-bond donors (Lipinski definition) is 0. The van der Waals surface area contributed by atoms with Crippen LogP contribution in [0.4, 0.5) is 0 Å². The molecule has 2 aromatic carbocycles. The summed E-state index contributed by atoms with van der Waals surface area (Å²) in [4.78, 5) is 29.6. The molecule has 5 nitrogen and oxygen atoms in total. The number of amides is 2. The maximum Gasteiger partial charge on any atom is 0.266 e. The standard InChI is InChI=1S/C24H24N2O3S2/c1-29-20-9-7-17(8-10-20)15-21-23(28)26(24(30)31-21)14-12-22(27)25-13-11-19(16-25)18-5-3-2-4-6-18/h2-10,15,19H,11-14,16H2,1H3. The second kappa shape index (κ2) is 9.66. The minimum Gasteiger partial charge on any atom is -0.497 e. The van der Waals surface area contributed by atoms with E-state index < -0.39 is 0 Å². The lowest BCUT2D eigenvalue weighted by Crippen LogP contribution is -2.35. The molecule has 0 aliphatic carbocycles. The number of thioether (sulfide) groups is 1. The zero-order chi connectivity index (χ0) is 21.8. The van der Waals surface area contributed by atoms with Crippen LogP contribution in [0.3, 0.4) is 0 Å². The number of carbonyl (C=O) groups excluding carboxylic acids is 2. The fourth-order valence-corrected chi connectivity index (χ4v) is 5.20. The van der Waals surface area contributed by atoms with E-state index in [1.807, 2.05) is 53.4 Å². The molecule has 1 atom stereocenters. The van der Waals surface area contributed by atoms with Crippen LogP contribution in [-0.4, -0.2) is 52.7 Å². The van der Waals surface area contributed by atoms with E-state index in [2.05, 4.69) is 12.1 Å². The average molecular weight is 453 g/mol. The number of rotatable bonds is 6. The van der Waals surface area contributed by atoms with Crippen molar-refractivity contribution < 1.29 is 14.3 Å². The lowest BCUT2D eigenvalue weighted by Gasteiger charge is -2.19. The molecule has 2 heterocycles. The second-order valence-corrected chi connectivity index (χ2v) is 9.27. The summed E-state index contributed by atoms with van der Waals surface area (Å²) >= 11 is 6.68. The van der Waals surface area contributed by atoms with Crippen LogP contribution in [0.5, 0.6) is 5.75 Å². The summed E-state index contributed by atoms with van der Waals surface area (Å²) in [5, 5.41) is 0. The molecule has 0 N–H and O–H groups in total. The summed E-state index contributed by atoms with van der Waals surface area (Å²) in [6.07, 6.45) is 3.08. The normalized spacial score (nSPS) is 20.0. The monoisotopic (exact) mass is 452 g/mol. The highest BCUT2D eigenvalue weighted by Gasteiger charge is 2.33. The molecule has 2 aliphatic heterocycles.